The van der Waals surface area contributed by atoms with Crippen molar-refractivity contribution < 1.29 is 129 Å². The molecule has 0 spiro atoms. The maximum absolute atomic E-state index is 16.0. The molecule has 628 valence electrons. The summed E-state index contributed by atoms with van der Waals surface area (Å²) in [6, 6.07) is 21.6. The summed E-state index contributed by atoms with van der Waals surface area (Å²) in [6.07, 6.45) is -13.3. The molecular weight excluding hydrogens is 1520 g/mol. The number of anilines is 1. The van der Waals surface area contributed by atoms with Gasteiger partial charge in [0, 0.05) is 64.1 Å². The van der Waals surface area contributed by atoms with Crippen LogP contribution < -0.4 is 43.0 Å². The fraction of sp³-hybridized carbons (Fsp3) is 0.506. The average molecular weight is 1620 g/mol. The molecule has 3 aliphatic carbocycles. The Morgan fingerprint density at radius 1 is 0.655 bits per heavy atom. The van der Waals surface area contributed by atoms with Gasteiger partial charge in [-0.25, -0.2) is 14.4 Å². The first-order valence-corrected chi connectivity index (χ1v) is 37.7. The average Bonchev–Trinajstić information content (AvgIpc) is 0.668. The van der Waals surface area contributed by atoms with E-state index in [4.69, 9.17) is 57.8 Å². The summed E-state index contributed by atoms with van der Waals surface area (Å²) in [4.78, 5) is 194. The lowest BCUT2D eigenvalue weighted by molar-refractivity contribution is -0.346. The van der Waals surface area contributed by atoms with Crippen molar-refractivity contribution in [1.82, 2.24) is 31.9 Å². The Hall–Kier alpha value is -11.1. The lowest BCUT2D eigenvalue weighted by Gasteiger charge is -2.67. The molecule has 1 aliphatic heterocycles. The number of ketones is 1. The van der Waals surface area contributed by atoms with E-state index in [1.165, 1.54) is 116 Å². The highest BCUT2D eigenvalue weighted by molar-refractivity contribution is 6.01. The van der Waals surface area contributed by atoms with E-state index in [9.17, 15) is 67.7 Å². The Labute approximate surface area is 669 Å². The number of aliphatic hydroxyl groups excluding tert-OH is 1. The van der Waals surface area contributed by atoms with Crippen molar-refractivity contribution >= 4 is 88.8 Å². The predicted octanol–water partition coefficient (Wildman–Crippen LogP) is 2.50. The van der Waals surface area contributed by atoms with Crippen LogP contribution in [0.15, 0.2) is 126 Å². The number of ether oxygens (including phenoxy) is 11. The normalized spacial score (nSPS) is 23.2. The maximum atomic E-state index is 16.0. The van der Waals surface area contributed by atoms with Crippen LogP contribution in [-0.2, 0) is 111 Å². The van der Waals surface area contributed by atoms with E-state index < -0.39 is 205 Å². The van der Waals surface area contributed by atoms with Gasteiger partial charge in [-0.15, -0.1) is 0 Å². The van der Waals surface area contributed by atoms with Crippen LogP contribution >= 0.6 is 0 Å². The number of fused-ring (bicyclic) bond motifs is 5. The Morgan fingerprint density at radius 2 is 1.24 bits per heavy atom. The van der Waals surface area contributed by atoms with Gasteiger partial charge in [-0.3, -0.25) is 52.7 Å². The number of carbonyl (C=O) groups is 14. The highest BCUT2D eigenvalue weighted by Crippen LogP contribution is 2.64. The number of nitrogens with two attached hydrogens (primary N) is 1. The van der Waals surface area contributed by atoms with E-state index in [0.29, 0.717) is 19.4 Å². The molecule has 4 aromatic carbocycles. The quantitative estimate of drug-likeness (QED) is 0.0133. The van der Waals surface area contributed by atoms with Gasteiger partial charge >= 0.3 is 30.0 Å². The topological polar surface area (TPSA) is 491 Å². The van der Waals surface area contributed by atoms with Gasteiger partial charge in [0.25, 0.3) is 5.91 Å². The summed E-state index contributed by atoms with van der Waals surface area (Å²) >= 11 is 0. The fourth-order valence-electron chi connectivity index (χ4n) is 14.8. The summed E-state index contributed by atoms with van der Waals surface area (Å²) in [6.45, 7) is 9.93. The molecule has 2 bridgehead atoms. The molecule has 116 heavy (non-hydrogen) atoms. The molecule has 4 aromatic rings. The summed E-state index contributed by atoms with van der Waals surface area (Å²) in [5.74, 6) is -13.3. The van der Waals surface area contributed by atoms with Crippen molar-refractivity contribution in [1.29, 1.82) is 0 Å². The highest BCUT2D eigenvalue weighted by Gasteiger charge is 2.78. The number of methoxy groups -OCH3 is 2. The molecule has 35 nitrogen and oxygen atoms in total. The summed E-state index contributed by atoms with van der Waals surface area (Å²) in [5.41, 5.74) is -2.61. The van der Waals surface area contributed by atoms with Crippen molar-refractivity contribution in [3.8, 4) is 0 Å². The van der Waals surface area contributed by atoms with Gasteiger partial charge in [0.05, 0.1) is 62.5 Å². The van der Waals surface area contributed by atoms with Crippen LogP contribution in [0.1, 0.15) is 132 Å². The van der Waals surface area contributed by atoms with E-state index in [1.807, 2.05) is 0 Å². The van der Waals surface area contributed by atoms with E-state index in [-0.39, 0.29) is 90.8 Å². The Bertz CT molecular complexity index is 4230. The summed E-state index contributed by atoms with van der Waals surface area (Å²) in [5, 5.41) is 44.5. The molecule has 11 N–H and O–H groups in total. The molecule has 0 radical (unpaired) electrons. The number of hydrogen-bond donors (Lipinski definition) is 10. The van der Waals surface area contributed by atoms with Crippen LogP contribution in [0.2, 0.25) is 0 Å². The van der Waals surface area contributed by atoms with Crippen LogP contribution in [-0.4, -0.2) is 232 Å². The molecule has 15 atom stereocenters. The fourth-order valence-corrected chi connectivity index (χ4v) is 14.8. The number of rotatable bonds is 39. The number of Topliss-reactive ketones (excluding diaryl/α,β-unsaturated/α-hetero) is 1. The van der Waals surface area contributed by atoms with Crippen LogP contribution in [0.3, 0.4) is 0 Å². The van der Waals surface area contributed by atoms with Crippen molar-refractivity contribution in [2.24, 2.45) is 22.5 Å². The minimum Gasteiger partial charge on any atom is -0.455 e. The van der Waals surface area contributed by atoms with Crippen molar-refractivity contribution in [3.05, 3.63) is 149 Å². The van der Waals surface area contributed by atoms with Gasteiger partial charge < -0.3 is 105 Å². The van der Waals surface area contributed by atoms with Gasteiger partial charge in [0.1, 0.15) is 73.9 Å². The van der Waals surface area contributed by atoms with E-state index in [0.717, 1.165) is 13.8 Å². The van der Waals surface area contributed by atoms with Gasteiger partial charge in [-0.05, 0) is 106 Å². The molecule has 0 aromatic heterocycles. The van der Waals surface area contributed by atoms with E-state index >= 15 is 9.59 Å². The maximum Gasteiger partial charge on any atom is 0.509 e. The highest BCUT2D eigenvalue weighted by atomic mass is 16.7. The van der Waals surface area contributed by atoms with Crippen molar-refractivity contribution in [2.75, 3.05) is 72.3 Å². The molecule has 1 saturated heterocycles. The molecule has 35 heteroatoms. The number of amides is 8. The minimum atomic E-state index is -2.60. The number of esters is 4. The smallest absolute Gasteiger partial charge is 0.455 e. The zero-order chi connectivity index (χ0) is 84.8. The molecule has 4 aliphatic rings. The lowest BCUT2D eigenvalue weighted by atomic mass is 9.44. The van der Waals surface area contributed by atoms with Gasteiger partial charge in [0.2, 0.25) is 47.5 Å². The zero-order valence-electron chi connectivity index (χ0n) is 66.2. The first-order valence-electron chi connectivity index (χ1n) is 37.7. The number of benzene rings is 4. The first kappa shape index (κ1) is 90.5. The molecule has 1 heterocycles. The molecule has 8 amide bonds. The second-order valence-electron chi connectivity index (χ2n) is 29.4. The standard InChI is InChI=1S/C81H102N8O27/c1-45-57(40-81(105)69(115-75(102)53-26-18-13-19-27-53)67-79(8,58(92)39-59-80(67,44-111-59)116-49(5)91)68(96)65(112-48(4)90)63(45)78(81,6)7)113-76(103)66(64(51-22-14-11-15-23-51)89-72(99)52-24-16-12-17-25-52)114-77(104)110-41-50-29-31-54(32-30-50)86-74(101)56(38-60(82)93)88-71(98)47(3)84-70(97)46(2)85-73(100)55(87-62(95)43-109-37-35-107-10)28-20-21-33-83-61(94)42-108-36-34-106-9/h11-19,22-27,29-32,46-47,55-59,64-67,69,92,105H,20-21,28,33-44H2,1-10H3,(H2,82,93)(H,83,94)(H,84,97)(H,85,100)(H,86,101)(H,87,95)(H,88,98)(H,89,99)/t46-,47-,55+,56-,57+,58+,59?,64?,65-,66-,67+,69+,79-,80+,81-/m1/s1. The molecule has 8 rings (SSSR count). The van der Waals surface area contributed by atoms with Gasteiger partial charge in [0.15, 0.2) is 17.5 Å². The van der Waals surface area contributed by atoms with Crippen LogP contribution in [0.5, 0.6) is 0 Å². The second kappa shape index (κ2) is 41.0. The number of hydrogen-bond acceptors (Lipinski definition) is 27. The van der Waals surface area contributed by atoms with Gasteiger partial charge in [-0.2, -0.15) is 0 Å². The van der Waals surface area contributed by atoms with E-state index in [1.54, 1.807) is 54.6 Å². The second-order valence-corrected chi connectivity index (χ2v) is 29.4. The SMILES string of the molecule is COCCOCC(=O)NCCCC[C@H](NC(=O)COCCOC)C(=O)N[C@H](C)C(=O)N[C@H](C)C(=O)N[C@H](CC(N)=O)C(=O)Nc1ccc(COC(=O)O[C@@H](C(=O)O[C@H]2C[C@@]3(O)[C@@H](OC(=O)c4ccccc4)[C@H]4[C@](C)(C(=O)[C@H](OC(C)=O)C(=C2C)C3(C)C)[C@@H](O)CC2OC[C@]24OC(C)=O)C(NC(=O)c2ccccc2)c2ccccc2)cc1. The molecular formula is C81H102N8O27. The number of unbranched alkanes of at least 4 members (excludes halogenated alkanes) is 1. The van der Waals surface area contributed by atoms with Crippen molar-refractivity contribution in [3.63, 3.8) is 0 Å². The third-order valence-electron chi connectivity index (χ3n) is 21.0. The molecule has 2 saturated carbocycles. The largest absolute Gasteiger partial charge is 0.509 e. The Balaban J connectivity index is 0.997. The number of nitrogens with one attached hydrogen (secondary N) is 7. The summed E-state index contributed by atoms with van der Waals surface area (Å²) in [7, 11) is 2.95. The molecule has 3 fully saturated rings. The Morgan fingerprint density at radius 3 is 1.82 bits per heavy atom. The monoisotopic (exact) mass is 1620 g/mol. The first-order chi connectivity index (χ1) is 55.1. The lowest BCUT2D eigenvalue weighted by Crippen LogP contribution is -2.82. The number of carbonyl (C=O) groups excluding carboxylic acids is 14. The van der Waals surface area contributed by atoms with Gasteiger partial charge in [-0.1, -0.05) is 92.7 Å². The summed E-state index contributed by atoms with van der Waals surface area (Å²) < 4.78 is 62.9. The van der Waals surface area contributed by atoms with Crippen LogP contribution in [0, 0.1) is 16.7 Å². The Kier molecular flexibility index (Phi) is 31.9. The van der Waals surface area contributed by atoms with Crippen LogP contribution in [0.25, 0.3) is 0 Å². The minimum absolute atomic E-state index is 0.0156. The predicted molar refractivity (Wildman–Crippen MR) is 407 cm³/mol. The van der Waals surface area contributed by atoms with Crippen LogP contribution in [0.4, 0.5) is 10.5 Å². The number of primary amides is 1. The third kappa shape index (κ3) is 22.3. The number of aliphatic hydroxyl groups is 2. The molecule has 2 unspecified atom stereocenters. The van der Waals surface area contributed by atoms with E-state index in [2.05, 4.69) is 37.2 Å². The van der Waals surface area contributed by atoms with Crippen molar-refractivity contribution in [2.45, 2.75) is 179 Å². The zero-order valence-corrected chi connectivity index (χ0v) is 66.2. The third-order valence-corrected chi connectivity index (χ3v) is 21.0.